The fourth-order valence-corrected chi connectivity index (χ4v) is 3.39. The van der Waals surface area contributed by atoms with Gasteiger partial charge in [-0.2, -0.15) is 9.97 Å². The Labute approximate surface area is 217 Å². The van der Waals surface area contributed by atoms with Crippen LogP contribution in [0.2, 0.25) is 0 Å². The topological polar surface area (TPSA) is 220 Å². The van der Waals surface area contributed by atoms with Crippen LogP contribution < -0.4 is 28.5 Å². The average molecular weight is 524 g/mol. The molecule has 5 heterocycles. The number of nitrogen functional groups attached to an aromatic ring is 3. The van der Waals surface area contributed by atoms with E-state index in [1.807, 2.05) is 32.3 Å². The highest BCUT2D eigenvalue weighted by Crippen LogP contribution is 2.17. The Hall–Kier alpha value is -4.82. The summed E-state index contributed by atoms with van der Waals surface area (Å²) in [7, 11) is 0. The van der Waals surface area contributed by atoms with Crippen molar-refractivity contribution in [2.75, 3.05) is 17.2 Å². The van der Waals surface area contributed by atoms with Crippen molar-refractivity contribution in [3.8, 4) is 0 Å². The molecule has 15 heteroatoms. The number of nitrogens with two attached hydrogens (primary N) is 3. The molecule has 5 rings (SSSR count). The van der Waals surface area contributed by atoms with E-state index in [0.717, 1.165) is 5.65 Å². The van der Waals surface area contributed by atoms with Crippen molar-refractivity contribution in [2.24, 2.45) is 0 Å². The first-order valence-corrected chi connectivity index (χ1v) is 11.9. The number of rotatable bonds is 3. The van der Waals surface area contributed by atoms with E-state index in [0.29, 0.717) is 28.5 Å². The molecule has 0 radical (unpaired) electrons. The number of H-pyrrole nitrogens is 1. The summed E-state index contributed by atoms with van der Waals surface area (Å²) in [5.41, 5.74) is 18.1. The molecule has 5 aromatic rings. The molecule has 0 aliphatic rings. The van der Waals surface area contributed by atoms with Crippen molar-refractivity contribution in [1.29, 1.82) is 0 Å². The van der Waals surface area contributed by atoms with Crippen LogP contribution in [0.3, 0.4) is 0 Å². The number of imidazole rings is 2. The lowest BCUT2D eigenvalue weighted by Crippen LogP contribution is -2.24. The minimum absolute atomic E-state index is 0.116. The van der Waals surface area contributed by atoms with Crippen LogP contribution in [0, 0.1) is 0 Å². The highest BCUT2D eigenvalue weighted by molar-refractivity contribution is 5.81. The fourth-order valence-electron chi connectivity index (χ4n) is 3.39. The molecule has 202 valence electrons. The molecule has 5 aromatic heterocycles. The monoisotopic (exact) mass is 523 g/mol. The minimum atomic E-state index is -0.299. The molecule has 7 N–H and O–H groups in total. The summed E-state index contributed by atoms with van der Waals surface area (Å²) >= 11 is 0. The van der Waals surface area contributed by atoms with Gasteiger partial charge in [-0.3, -0.25) is 14.3 Å². The predicted octanol–water partition coefficient (Wildman–Crippen LogP) is 1.68. The second kappa shape index (κ2) is 11.5. The molecule has 0 saturated heterocycles. The largest absolute Gasteiger partial charge is 0.383 e. The zero-order valence-electron chi connectivity index (χ0n) is 22.2. The van der Waals surface area contributed by atoms with E-state index >= 15 is 0 Å². The molecule has 0 spiro atoms. The molecule has 38 heavy (non-hydrogen) atoms. The second-order valence-electron chi connectivity index (χ2n) is 9.18. The number of anilines is 3. The molecule has 0 aliphatic heterocycles. The standard InChI is InChI=1S/C8H11N5O.C8H11N5.C7H11N3O/c1-4(2)13-3-10-5-6(13)11-8(9)12-7(5)14;1-5(2)13-4-12-6-7(9)10-3-11-8(6)13;1-5(2)10-4-3-6(8)9-7(10)11/h3-4H,1-2H3,(H3,9,11,12,14);3-5H,1-2H3,(H2,9,10,11);3-5H,1-2H3,(H2,8,9,11). The van der Waals surface area contributed by atoms with Gasteiger partial charge in [0.25, 0.3) is 5.56 Å². The molecular weight excluding hydrogens is 490 g/mol. The SMILES string of the molecule is CC(C)n1ccc(N)nc1=O.CC(C)n1cnc2c(=O)[nH]c(N)nc21.CC(C)n1cnc2c(N)ncnc21. The Bertz CT molecular complexity index is 1640. The third kappa shape index (κ3) is 6.11. The Morgan fingerprint density at radius 1 is 0.737 bits per heavy atom. The van der Waals surface area contributed by atoms with E-state index < -0.39 is 0 Å². The maximum Gasteiger partial charge on any atom is 0.349 e. The van der Waals surface area contributed by atoms with E-state index in [2.05, 4.69) is 48.7 Å². The first-order chi connectivity index (χ1) is 17.9. The van der Waals surface area contributed by atoms with Gasteiger partial charge in [0.05, 0.1) is 12.7 Å². The number of nitrogens with zero attached hydrogens (tertiary/aromatic N) is 9. The second-order valence-corrected chi connectivity index (χ2v) is 9.18. The van der Waals surface area contributed by atoms with E-state index in [1.54, 1.807) is 29.5 Å². The predicted molar refractivity (Wildman–Crippen MR) is 146 cm³/mol. The van der Waals surface area contributed by atoms with Gasteiger partial charge in [0.1, 0.15) is 17.7 Å². The Balaban J connectivity index is 0.000000159. The lowest BCUT2D eigenvalue weighted by Gasteiger charge is -2.07. The molecule has 0 amide bonds. The van der Waals surface area contributed by atoms with Crippen molar-refractivity contribution < 1.29 is 0 Å². The molecule has 0 aromatic carbocycles. The van der Waals surface area contributed by atoms with E-state index in [1.165, 1.54) is 10.9 Å². The zero-order chi connectivity index (χ0) is 28.1. The third-order valence-corrected chi connectivity index (χ3v) is 5.36. The Kier molecular flexibility index (Phi) is 8.39. The van der Waals surface area contributed by atoms with Crippen molar-refractivity contribution >= 4 is 39.9 Å². The highest BCUT2D eigenvalue weighted by atomic mass is 16.1. The summed E-state index contributed by atoms with van der Waals surface area (Å²) in [5.74, 6) is 0.821. The van der Waals surface area contributed by atoms with Gasteiger partial charge >= 0.3 is 5.69 Å². The van der Waals surface area contributed by atoms with Crippen molar-refractivity contribution in [1.82, 2.24) is 48.6 Å². The normalized spacial score (nSPS) is 11.1. The van der Waals surface area contributed by atoms with Gasteiger partial charge in [-0.15, -0.1) is 0 Å². The molecule has 0 aliphatic carbocycles. The molecule has 15 nitrogen and oxygen atoms in total. The van der Waals surface area contributed by atoms with Crippen LogP contribution in [-0.4, -0.2) is 48.6 Å². The van der Waals surface area contributed by atoms with Crippen molar-refractivity contribution in [3.05, 3.63) is 52.1 Å². The van der Waals surface area contributed by atoms with Crippen molar-refractivity contribution in [2.45, 2.75) is 59.7 Å². The summed E-state index contributed by atoms with van der Waals surface area (Å²) in [6.07, 6.45) is 6.44. The summed E-state index contributed by atoms with van der Waals surface area (Å²) in [6, 6.07) is 2.28. The molecule has 0 unspecified atom stereocenters. The van der Waals surface area contributed by atoms with Crippen LogP contribution >= 0.6 is 0 Å². The number of aromatic amines is 1. The lowest BCUT2D eigenvalue weighted by atomic mass is 10.4. The van der Waals surface area contributed by atoms with Gasteiger partial charge in [-0.25, -0.2) is 24.7 Å². The smallest absolute Gasteiger partial charge is 0.349 e. The van der Waals surface area contributed by atoms with Crippen molar-refractivity contribution in [3.63, 3.8) is 0 Å². The molecule has 0 bridgehead atoms. The third-order valence-electron chi connectivity index (χ3n) is 5.36. The van der Waals surface area contributed by atoms with Gasteiger partial charge < -0.3 is 26.3 Å². The van der Waals surface area contributed by atoms with Crippen LogP contribution in [-0.2, 0) is 0 Å². The maximum absolute atomic E-state index is 11.4. The van der Waals surface area contributed by atoms with Crippen LogP contribution in [0.5, 0.6) is 0 Å². The molecule has 0 saturated carbocycles. The number of nitrogens with one attached hydrogen (secondary N) is 1. The fraction of sp³-hybridized carbons (Fsp3) is 0.391. The summed E-state index contributed by atoms with van der Waals surface area (Å²) in [6.45, 7) is 11.9. The molecule has 0 fully saturated rings. The van der Waals surface area contributed by atoms with Gasteiger partial charge in [0.15, 0.2) is 22.6 Å². The number of hydrogen-bond donors (Lipinski definition) is 4. The van der Waals surface area contributed by atoms with E-state index in [-0.39, 0.29) is 35.1 Å². The van der Waals surface area contributed by atoms with Gasteiger partial charge in [0, 0.05) is 24.3 Å². The lowest BCUT2D eigenvalue weighted by molar-refractivity contribution is 0.565. The molecule has 0 atom stereocenters. The first-order valence-electron chi connectivity index (χ1n) is 11.9. The number of fused-ring (bicyclic) bond motifs is 2. The first kappa shape index (κ1) is 27.8. The van der Waals surface area contributed by atoms with Crippen LogP contribution in [0.25, 0.3) is 22.3 Å². The van der Waals surface area contributed by atoms with Gasteiger partial charge in [-0.05, 0) is 47.6 Å². The van der Waals surface area contributed by atoms with Crippen LogP contribution in [0.1, 0.15) is 59.7 Å². The summed E-state index contributed by atoms with van der Waals surface area (Å²) < 4.78 is 5.30. The van der Waals surface area contributed by atoms with Gasteiger partial charge in [0.2, 0.25) is 5.95 Å². The average Bonchev–Trinajstić information content (AvgIpc) is 3.45. The van der Waals surface area contributed by atoms with Crippen LogP contribution in [0.4, 0.5) is 17.6 Å². The Morgan fingerprint density at radius 3 is 1.89 bits per heavy atom. The van der Waals surface area contributed by atoms with E-state index in [4.69, 9.17) is 17.2 Å². The number of hydrogen-bond acceptors (Lipinski definition) is 11. The summed E-state index contributed by atoms with van der Waals surface area (Å²) in [4.78, 5) is 48.6. The number of aromatic nitrogens is 10. The van der Waals surface area contributed by atoms with E-state index in [9.17, 15) is 9.59 Å². The maximum atomic E-state index is 11.4. The quantitative estimate of drug-likeness (QED) is 0.266. The minimum Gasteiger partial charge on any atom is -0.383 e. The highest BCUT2D eigenvalue weighted by Gasteiger charge is 2.11. The van der Waals surface area contributed by atoms with Crippen LogP contribution in [0.15, 0.2) is 40.8 Å². The van der Waals surface area contributed by atoms with Gasteiger partial charge in [-0.1, -0.05) is 0 Å². The summed E-state index contributed by atoms with van der Waals surface area (Å²) in [5, 5.41) is 0. The zero-order valence-corrected chi connectivity index (χ0v) is 22.2. The molecular formula is C23H33N13O2. The Morgan fingerprint density at radius 2 is 1.32 bits per heavy atom.